The smallest absolute Gasteiger partial charge is 0.132 e. The van der Waals surface area contributed by atoms with Gasteiger partial charge in [0.1, 0.15) is 5.82 Å². The average Bonchev–Trinajstić information content (AvgIpc) is 2.58. The van der Waals surface area contributed by atoms with Crippen LogP contribution in [0, 0.1) is 13.8 Å². The van der Waals surface area contributed by atoms with E-state index in [0.717, 1.165) is 23.6 Å². The van der Waals surface area contributed by atoms with Gasteiger partial charge in [-0.15, -0.1) is 0 Å². The second kappa shape index (κ2) is 6.61. The number of hydrogen-bond donors (Lipinski definition) is 0. The first kappa shape index (κ1) is 15.2. The maximum absolute atomic E-state index is 4.56. The van der Waals surface area contributed by atoms with Gasteiger partial charge in [0.15, 0.2) is 0 Å². The Bertz CT molecular complexity index is 794. The molecule has 3 rings (SSSR count). The summed E-state index contributed by atoms with van der Waals surface area (Å²) in [6.07, 6.45) is 5.70. The Morgan fingerprint density at radius 2 is 1.74 bits per heavy atom. The van der Waals surface area contributed by atoms with E-state index in [0.29, 0.717) is 0 Å². The lowest BCUT2D eigenvalue weighted by Crippen LogP contribution is -2.17. The van der Waals surface area contributed by atoms with Crippen LogP contribution >= 0.6 is 0 Å². The average molecular weight is 303 g/mol. The number of aromatic nitrogens is 2. The number of nitrogens with zero attached hydrogens (tertiary/aromatic N) is 3. The molecular formula is C20H21N3. The highest BCUT2D eigenvalue weighted by Crippen LogP contribution is 2.28. The molecule has 116 valence electrons. The Balaban J connectivity index is 1.99. The molecule has 3 aromatic rings. The predicted octanol–water partition coefficient (Wildman–Crippen LogP) is 4.92. The zero-order valence-electron chi connectivity index (χ0n) is 13.8. The fraction of sp³-hybridized carbons (Fsp3) is 0.200. The van der Waals surface area contributed by atoms with E-state index in [9.17, 15) is 0 Å². The fourth-order valence-electron chi connectivity index (χ4n) is 2.66. The highest BCUT2D eigenvalue weighted by Gasteiger charge is 2.09. The van der Waals surface area contributed by atoms with Gasteiger partial charge in [0.05, 0.1) is 0 Å². The van der Waals surface area contributed by atoms with Gasteiger partial charge < -0.3 is 4.90 Å². The van der Waals surface area contributed by atoms with Gasteiger partial charge in [0.2, 0.25) is 0 Å². The van der Waals surface area contributed by atoms with Crippen LogP contribution in [0.2, 0.25) is 0 Å². The number of hydrogen-bond acceptors (Lipinski definition) is 3. The van der Waals surface area contributed by atoms with E-state index in [1.54, 1.807) is 0 Å². The van der Waals surface area contributed by atoms with Crippen molar-refractivity contribution < 1.29 is 0 Å². The highest BCUT2D eigenvalue weighted by molar-refractivity contribution is 5.71. The quantitative estimate of drug-likeness (QED) is 0.685. The molecule has 0 saturated heterocycles. The summed E-state index contributed by atoms with van der Waals surface area (Å²) in [4.78, 5) is 11.1. The monoisotopic (exact) mass is 303 g/mol. The number of pyridine rings is 2. The Hall–Kier alpha value is -2.68. The summed E-state index contributed by atoms with van der Waals surface area (Å²) in [6, 6.07) is 14.9. The molecule has 0 N–H and O–H groups in total. The number of benzene rings is 1. The van der Waals surface area contributed by atoms with Crippen LogP contribution in [0.4, 0.5) is 11.5 Å². The lowest BCUT2D eigenvalue weighted by atomic mass is 10.1. The molecule has 23 heavy (non-hydrogen) atoms. The molecule has 0 fully saturated rings. The van der Waals surface area contributed by atoms with Crippen molar-refractivity contribution in [1.82, 2.24) is 9.97 Å². The second-order valence-corrected chi connectivity index (χ2v) is 5.74. The molecule has 2 aromatic heterocycles. The summed E-state index contributed by atoms with van der Waals surface area (Å²) in [7, 11) is 0. The molecule has 0 unspecified atom stereocenters. The van der Waals surface area contributed by atoms with Crippen molar-refractivity contribution in [3.63, 3.8) is 0 Å². The van der Waals surface area contributed by atoms with Crippen LogP contribution in [0.25, 0.3) is 11.1 Å². The summed E-state index contributed by atoms with van der Waals surface area (Å²) >= 11 is 0. The molecule has 0 amide bonds. The van der Waals surface area contributed by atoms with Crippen molar-refractivity contribution in [1.29, 1.82) is 0 Å². The first-order chi connectivity index (χ1) is 11.2. The molecule has 0 aliphatic carbocycles. The third-order valence-electron chi connectivity index (χ3n) is 3.85. The molecule has 1 aromatic carbocycles. The molecular weight excluding hydrogens is 282 g/mol. The highest BCUT2D eigenvalue weighted by atomic mass is 15.2. The van der Waals surface area contributed by atoms with Gasteiger partial charge in [-0.05, 0) is 61.7 Å². The Labute approximate surface area is 137 Å². The lowest BCUT2D eigenvalue weighted by molar-refractivity contribution is 0.987. The molecule has 3 heteroatoms. The fourth-order valence-corrected chi connectivity index (χ4v) is 2.66. The van der Waals surface area contributed by atoms with E-state index >= 15 is 0 Å². The van der Waals surface area contributed by atoms with Crippen molar-refractivity contribution in [2.24, 2.45) is 0 Å². The van der Waals surface area contributed by atoms with Crippen LogP contribution in [0.3, 0.4) is 0 Å². The van der Waals surface area contributed by atoms with Gasteiger partial charge in [-0.2, -0.15) is 0 Å². The van der Waals surface area contributed by atoms with Gasteiger partial charge in [0.25, 0.3) is 0 Å². The second-order valence-electron chi connectivity index (χ2n) is 5.74. The third kappa shape index (κ3) is 3.39. The van der Waals surface area contributed by atoms with E-state index in [2.05, 4.69) is 78.1 Å². The molecule has 0 saturated carbocycles. The molecule has 0 atom stereocenters. The first-order valence-electron chi connectivity index (χ1n) is 7.89. The van der Waals surface area contributed by atoms with Crippen molar-refractivity contribution in [3.05, 3.63) is 72.2 Å². The number of aryl methyl sites for hydroxylation is 2. The predicted molar refractivity (Wildman–Crippen MR) is 96.1 cm³/mol. The zero-order chi connectivity index (χ0) is 16.2. The summed E-state index contributed by atoms with van der Waals surface area (Å²) in [6.45, 7) is 7.13. The van der Waals surface area contributed by atoms with Crippen LogP contribution in [0.5, 0.6) is 0 Å². The molecule has 0 aliphatic rings. The van der Waals surface area contributed by atoms with Gasteiger partial charge in [-0.3, -0.25) is 4.98 Å². The lowest BCUT2D eigenvalue weighted by Gasteiger charge is -2.23. The summed E-state index contributed by atoms with van der Waals surface area (Å²) in [5.74, 6) is 0.970. The van der Waals surface area contributed by atoms with Crippen molar-refractivity contribution >= 4 is 11.5 Å². The van der Waals surface area contributed by atoms with Crippen molar-refractivity contribution in [2.45, 2.75) is 20.8 Å². The summed E-state index contributed by atoms with van der Waals surface area (Å²) in [5.41, 5.74) is 5.79. The molecule has 0 bridgehead atoms. The van der Waals surface area contributed by atoms with Gasteiger partial charge in [0, 0.05) is 36.4 Å². The van der Waals surface area contributed by atoms with Crippen molar-refractivity contribution in [3.8, 4) is 11.1 Å². The first-order valence-corrected chi connectivity index (χ1v) is 7.89. The molecule has 0 aliphatic heterocycles. The van der Waals surface area contributed by atoms with Gasteiger partial charge >= 0.3 is 0 Å². The Morgan fingerprint density at radius 3 is 2.43 bits per heavy atom. The Morgan fingerprint density at radius 1 is 0.870 bits per heavy atom. The van der Waals surface area contributed by atoms with Crippen LogP contribution in [0.15, 0.2) is 61.1 Å². The maximum atomic E-state index is 4.56. The maximum Gasteiger partial charge on any atom is 0.132 e. The standard InChI is InChI=1S/C20H21N3/c1-4-23(20-9-8-15(2)13-22-20)19-7-5-6-17(11-19)18-10-16(3)12-21-14-18/h5-14H,4H2,1-3H3. The summed E-state index contributed by atoms with van der Waals surface area (Å²) < 4.78 is 0. The summed E-state index contributed by atoms with van der Waals surface area (Å²) in [5, 5.41) is 0. The molecule has 3 nitrogen and oxygen atoms in total. The topological polar surface area (TPSA) is 29.0 Å². The van der Waals surface area contributed by atoms with Gasteiger partial charge in [-0.1, -0.05) is 18.2 Å². The minimum absolute atomic E-state index is 0.867. The third-order valence-corrected chi connectivity index (χ3v) is 3.85. The molecule has 0 radical (unpaired) electrons. The van der Waals surface area contributed by atoms with Crippen LogP contribution < -0.4 is 4.90 Å². The van der Waals surface area contributed by atoms with Crippen LogP contribution in [-0.2, 0) is 0 Å². The van der Waals surface area contributed by atoms with E-state index in [4.69, 9.17) is 0 Å². The van der Waals surface area contributed by atoms with E-state index in [1.807, 2.05) is 18.6 Å². The van der Waals surface area contributed by atoms with E-state index in [1.165, 1.54) is 16.7 Å². The minimum atomic E-state index is 0.867. The van der Waals surface area contributed by atoms with Crippen LogP contribution in [-0.4, -0.2) is 16.5 Å². The van der Waals surface area contributed by atoms with Gasteiger partial charge in [-0.25, -0.2) is 4.98 Å². The molecule has 2 heterocycles. The molecule has 0 spiro atoms. The van der Waals surface area contributed by atoms with E-state index < -0.39 is 0 Å². The minimum Gasteiger partial charge on any atom is -0.327 e. The Kier molecular flexibility index (Phi) is 4.38. The normalized spacial score (nSPS) is 10.6. The zero-order valence-corrected chi connectivity index (χ0v) is 13.8. The SMILES string of the molecule is CCN(c1cccc(-c2cncc(C)c2)c1)c1ccc(C)cn1. The number of anilines is 2. The largest absolute Gasteiger partial charge is 0.327 e. The van der Waals surface area contributed by atoms with Crippen LogP contribution in [0.1, 0.15) is 18.1 Å². The number of rotatable bonds is 4. The van der Waals surface area contributed by atoms with E-state index in [-0.39, 0.29) is 0 Å². The van der Waals surface area contributed by atoms with Crippen molar-refractivity contribution in [2.75, 3.05) is 11.4 Å².